The van der Waals surface area contributed by atoms with E-state index in [0.29, 0.717) is 37.3 Å². The third kappa shape index (κ3) is 4.05. The molecular weight excluding hydrogens is 456 g/mol. The fraction of sp³-hybridized carbons (Fsp3) is 0.192. The summed E-state index contributed by atoms with van der Waals surface area (Å²) in [5.74, 6) is -0.201. The van der Waals surface area contributed by atoms with E-state index >= 15 is 0 Å². The summed E-state index contributed by atoms with van der Waals surface area (Å²) in [5, 5.41) is 0.112. The van der Waals surface area contributed by atoms with E-state index in [9.17, 15) is 13.2 Å². The normalized spacial score (nSPS) is 15.8. The average Bonchev–Trinajstić information content (AvgIpc) is 3.30. The lowest BCUT2D eigenvalue weighted by Gasteiger charge is -2.27. The summed E-state index contributed by atoms with van der Waals surface area (Å²) in [6.45, 7) is 1.41. The Bertz CT molecular complexity index is 1350. The number of halogens is 1. The zero-order valence-corrected chi connectivity index (χ0v) is 19.5. The van der Waals surface area contributed by atoms with Crippen LogP contribution in [-0.4, -0.2) is 38.9 Å². The fourth-order valence-corrected chi connectivity index (χ4v) is 6.47. The standard InChI is InChI=1S/C26H23ClN2O3S/c27-23-11-10-22(26(30)28-15-12-20(13-16-28)19-6-2-1-3-7-19)18-25(23)33(31,32)29-17-14-21-8-4-5-9-24(21)29/h1-12,18H,13-17H2. The number of benzene rings is 3. The average molecular weight is 479 g/mol. The van der Waals surface area contributed by atoms with Crippen molar-refractivity contribution in [3.8, 4) is 0 Å². The molecule has 0 aliphatic carbocycles. The zero-order chi connectivity index (χ0) is 23.0. The summed E-state index contributed by atoms with van der Waals surface area (Å²) in [6.07, 6.45) is 3.46. The second kappa shape index (κ2) is 8.69. The van der Waals surface area contributed by atoms with Gasteiger partial charge in [0.05, 0.1) is 10.7 Å². The van der Waals surface area contributed by atoms with Gasteiger partial charge >= 0.3 is 0 Å². The maximum Gasteiger partial charge on any atom is 0.265 e. The molecule has 0 saturated carbocycles. The summed E-state index contributed by atoms with van der Waals surface area (Å²) in [5.41, 5.74) is 4.35. The van der Waals surface area contributed by atoms with E-state index < -0.39 is 10.0 Å². The van der Waals surface area contributed by atoms with Gasteiger partial charge in [0, 0.05) is 25.2 Å². The Kier molecular flexibility index (Phi) is 5.72. The number of carbonyl (C=O) groups excluding carboxylic acids is 1. The van der Waals surface area contributed by atoms with Crippen LogP contribution in [0.2, 0.25) is 5.02 Å². The minimum atomic E-state index is -3.90. The molecule has 0 fully saturated rings. The Morgan fingerprint density at radius 3 is 2.39 bits per heavy atom. The molecule has 2 aliphatic heterocycles. The predicted octanol–water partition coefficient (Wildman–Crippen LogP) is 5.02. The van der Waals surface area contributed by atoms with Crippen molar-refractivity contribution < 1.29 is 13.2 Å². The van der Waals surface area contributed by atoms with Gasteiger partial charge in [0.2, 0.25) is 0 Å². The molecule has 1 amide bonds. The van der Waals surface area contributed by atoms with Crippen molar-refractivity contribution in [1.29, 1.82) is 0 Å². The van der Waals surface area contributed by atoms with Crippen molar-refractivity contribution in [2.45, 2.75) is 17.7 Å². The summed E-state index contributed by atoms with van der Waals surface area (Å²) in [7, 11) is -3.90. The SMILES string of the molecule is O=C(c1ccc(Cl)c(S(=O)(=O)N2CCc3ccccc32)c1)N1CC=C(c2ccccc2)CC1. The number of fused-ring (bicyclic) bond motifs is 1. The smallest absolute Gasteiger partial charge is 0.265 e. The van der Waals surface area contributed by atoms with Gasteiger partial charge in [-0.3, -0.25) is 9.10 Å². The first kappa shape index (κ1) is 21.7. The van der Waals surface area contributed by atoms with Gasteiger partial charge in [0.1, 0.15) is 4.90 Å². The van der Waals surface area contributed by atoms with E-state index in [0.717, 1.165) is 17.5 Å². The van der Waals surface area contributed by atoms with E-state index in [2.05, 4.69) is 18.2 Å². The van der Waals surface area contributed by atoms with Crippen LogP contribution in [0.25, 0.3) is 5.57 Å². The van der Waals surface area contributed by atoms with Gasteiger partial charge in [-0.25, -0.2) is 8.42 Å². The molecule has 5 rings (SSSR count). The summed E-state index contributed by atoms with van der Waals surface area (Å²) in [4.78, 5) is 14.9. The van der Waals surface area contributed by atoms with Gasteiger partial charge in [-0.1, -0.05) is 66.2 Å². The Labute approximate surface area is 199 Å². The zero-order valence-electron chi connectivity index (χ0n) is 17.9. The summed E-state index contributed by atoms with van der Waals surface area (Å²) >= 11 is 6.32. The molecule has 2 aliphatic rings. The molecule has 3 aromatic carbocycles. The molecule has 5 nitrogen and oxygen atoms in total. The highest BCUT2D eigenvalue weighted by atomic mass is 35.5. The first-order chi connectivity index (χ1) is 15.9. The predicted molar refractivity (Wildman–Crippen MR) is 131 cm³/mol. The van der Waals surface area contributed by atoms with Gasteiger partial charge in [0.15, 0.2) is 0 Å². The van der Waals surface area contributed by atoms with Crippen LogP contribution in [0, 0.1) is 0 Å². The summed E-state index contributed by atoms with van der Waals surface area (Å²) < 4.78 is 28.3. The molecular formula is C26H23ClN2O3S. The number of nitrogens with zero attached hydrogens (tertiary/aromatic N) is 2. The molecule has 7 heteroatoms. The molecule has 2 heterocycles. The number of para-hydroxylation sites is 1. The fourth-order valence-electron chi connectivity index (χ4n) is 4.46. The van der Waals surface area contributed by atoms with E-state index in [-0.39, 0.29) is 15.8 Å². The van der Waals surface area contributed by atoms with Crippen molar-refractivity contribution in [1.82, 2.24) is 4.90 Å². The van der Waals surface area contributed by atoms with Crippen LogP contribution in [-0.2, 0) is 16.4 Å². The van der Waals surface area contributed by atoms with E-state index in [1.54, 1.807) is 17.0 Å². The minimum Gasteiger partial charge on any atom is -0.335 e. The molecule has 33 heavy (non-hydrogen) atoms. The van der Waals surface area contributed by atoms with Crippen molar-refractivity contribution in [3.05, 3.63) is 101 Å². The summed E-state index contributed by atoms with van der Waals surface area (Å²) in [6, 6.07) is 22.1. The highest BCUT2D eigenvalue weighted by Crippen LogP contribution is 2.35. The number of sulfonamides is 1. The molecule has 0 spiro atoms. The molecule has 0 unspecified atom stereocenters. The van der Waals surface area contributed by atoms with Crippen LogP contribution in [0.4, 0.5) is 5.69 Å². The van der Waals surface area contributed by atoms with Crippen molar-refractivity contribution in [2.75, 3.05) is 23.9 Å². The van der Waals surface area contributed by atoms with Gasteiger partial charge in [-0.2, -0.15) is 0 Å². The van der Waals surface area contributed by atoms with Crippen LogP contribution in [0.15, 0.2) is 83.8 Å². The molecule has 0 saturated heterocycles. The quantitative estimate of drug-likeness (QED) is 0.529. The second-order valence-corrected chi connectivity index (χ2v) is 10.4. The number of hydrogen-bond donors (Lipinski definition) is 0. The molecule has 0 N–H and O–H groups in total. The highest BCUT2D eigenvalue weighted by molar-refractivity contribution is 7.93. The Hall–Kier alpha value is -3.09. The molecule has 168 valence electrons. The lowest BCUT2D eigenvalue weighted by molar-refractivity contribution is 0.0772. The van der Waals surface area contributed by atoms with Crippen molar-refractivity contribution in [2.24, 2.45) is 0 Å². The number of amides is 1. The maximum atomic E-state index is 13.5. The molecule has 0 atom stereocenters. The largest absolute Gasteiger partial charge is 0.335 e. The van der Waals surface area contributed by atoms with Gasteiger partial charge in [0.25, 0.3) is 15.9 Å². The van der Waals surface area contributed by atoms with Crippen molar-refractivity contribution in [3.63, 3.8) is 0 Å². The number of anilines is 1. The van der Waals surface area contributed by atoms with Crippen LogP contribution in [0.1, 0.15) is 27.9 Å². The Morgan fingerprint density at radius 2 is 1.64 bits per heavy atom. The number of rotatable bonds is 4. The van der Waals surface area contributed by atoms with Gasteiger partial charge in [-0.15, -0.1) is 0 Å². The van der Waals surface area contributed by atoms with Crippen LogP contribution in [0.3, 0.4) is 0 Å². The minimum absolute atomic E-state index is 0.0377. The second-order valence-electron chi connectivity index (χ2n) is 8.20. The van der Waals surface area contributed by atoms with E-state index in [4.69, 9.17) is 11.6 Å². The van der Waals surface area contributed by atoms with Crippen LogP contribution >= 0.6 is 11.6 Å². The van der Waals surface area contributed by atoms with Crippen molar-refractivity contribution >= 4 is 38.8 Å². The number of carbonyl (C=O) groups is 1. The first-order valence-corrected chi connectivity index (χ1v) is 12.7. The van der Waals surface area contributed by atoms with Gasteiger partial charge < -0.3 is 4.90 Å². The monoisotopic (exact) mass is 478 g/mol. The third-order valence-electron chi connectivity index (χ3n) is 6.23. The lowest BCUT2D eigenvalue weighted by Crippen LogP contribution is -2.35. The Morgan fingerprint density at radius 1 is 0.879 bits per heavy atom. The van der Waals surface area contributed by atoms with E-state index in [1.165, 1.54) is 22.0 Å². The Balaban J connectivity index is 1.40. The molecule has 0 radical (unpaired) electrons. The van der Waals surface area contributed by atoms with Gasteiger partial charge in [-0.05, 0) is 53.8 Å². The lowest BCUT2D eigenvalue weighted by atomic mass is 9.99. The van der Waals surface area contributed by atoms with Crippen LogP contribution < -0.4 is 4.31 Å². The molecule has 0 bridgehead atoms. The highest BCUT2D eigenvalue weighted by Gasteiger charge is 2.33. The molecule has 0 aromatic heterocycles. The first-order valence-electron chi connectivity index (χ1n) is 10.9. The third-order valence-corrected chi connectivity index (χ3v) is 8.53. The maximum absolute atomic E-state index is 13.5. The molecule has 3 aromatic rings. The number of hydrogen-bond acceptors (Lipinski definition) is 3. The van der Waals surface area contributed by atoms with Crippen LogP contribution in [0.5, 0.6) is 0 Å². The van der Waals surface area contributed by atoms with E-state index in [1.807, 2.05) is 36.4 Å². The topological polar surface area (TPSA) is 57.7 Å².